The lowest BCUT2D eigenvalue weighted by molar-refractivity contribution is -0.160. The van der Waals surface area contributed by atoms with Crippen LogP contribution < -0.4 is 55.3 Å². The van der Waals surface area contributed by atoms with E-state index in [0.717, 1.165) is 12.1 Å². The Kier molecular flexibility index (Phi) is 21.4. The maximum absolute atomic E-state index is 15.3. The summed E-state index contributed by atoms with van der Waals surface area (Å²) in [7, 11) is 0. The highest BCUT2D eigenvalue weighted by molar-refractivity contribution is 6.04. The molecule has 7 atom stereocenters. The summed E-state index contributed by atoms with van der Waals surface area (Å²) >= 11 is 0. The number of halogens is 1. The van der Waals surface area contributed by atoms with Gasteiger partial charge in [0.25, 0.3) is 5.91 Å². The minimum Gasteiger partial charge on any atom is -0.480 e. The SMILES string of the molecule is CC(=O)N[C@@H](CCCN=C(N)N)C(=O)N[C@H]1CCC(=O)N([C@@H](CCCN)C(=O)O)C(=O)[C@H](Cc2c[nH]c3ccccc23)NC(=O)[C@H](CCCN=C(N)N)NC(=O)[C@@H](Cc2ccc(F)cc2)NC(=O)[C@@H]2CCCN2C1=O. The number of aromatic amines is 1. The van der Waals surface area contributed by atoms with Crippen molar-refractivity contribution in [1.82, 2.24) is 41.4 Å². The number of aliphatic carboxylic acids is 1. The van der Waals surface area contributed by atoms with Crippen molar-refractivity contribution >= 4 is 76.0 Å². The number of carbonyl (C=O) groups is 9. The zero-order valence-electron chi connectivity index (χ0n) is 41.7. The molecular formula is C49H68FN15O10. The van der Waals surface area contributed by atoms with Gasteiger partial charge in [-0.1, -0.05) is 30.3 Å². The number of amides is 8. The number of carboxylic acid groups (broad SMARTS) is 1. The molecule has 0 unspecified atom stereocenters. The predicted octanol–water partition coefficient (Wildman–Crippen LogP) is -2.02. The Bertz CT molecular complexity index is 2600. The van der Waals surface area contributed by atoms with Gasteiger partial charge in [-0.15, -0.1) is 0 Å². The number of imide groups is 1. The van der Waals surface area contributed by atoms with Gasteiger partial charge >= 0.3 is 5.97 Å². The summed E-state index contributed by atoms with van der Waals surface area (Å²) in [6, 6.07) is 1.50. The van der Waals surface area contributed by atoms with E-state index in [1.807, 2.05) is 0 Å². The molecule has 17 N–H and O–H groups in total. The second-order valence-corrected chi connectivity index (χ2v) is 18.4. The molecule has 75 heavy (non-hydrogen) atoms. The summed E-state index contributed by atoms with van der Waals surface area (Å²) in [5.74, 6) is -9.83. The van der Waals surface area contributed by atoms with Crippen molar-refractivity contribution in [2.45, 2.75) is 126 Å². The number of rotatable bonds is 20. The molecule has 0 radical (unpaired) electrons. The average Bonchev–Trinajstić information content (AvgIpc) is 4.03. The van der Waals surface area contributed by atoms with Gasteiger partial charge in [0.2, 0.25) is 41.4 Å². The smallest absolute Gasteiger partial charge is 0.326 e. The number of hydrogen-bond donors (Lipinski definition) is 12. The second-order valence-electron chi connectivity index (χ2n) is 18.4. The standard InChI is InChI=1S/C49H68FN15O10/c1-27(66)59-33(10-5-21-56-48(52)53)41(68)61-35-18-19-40(67)65(39(47(74)75)12-4-20-51)46(73)37(25-29-26-58-32-9-3-2-8-31(29)32)63-42(69)34(11-6-22-57-49(54)55)60-43(70)36(24-28-14-16-30(50)17-15-28)62-44(71)38-13-7-23-64(38)45(35)72/h2-3,8-9,14-17,26,33-39,58H,4-7,10-13,18-25,51H2,1H3,(H,59,66)(H,60,70)(H,61,68)(H,62,71)(H,63,69)(H,74,75)(H4,52,53,56)(H4,54,55,57)/t33-,34-,35-,36+,37-,38-,39-/m0/s1. The topological polar surface area (TPSA) is 411 Å². The quantitative estimate of drug-likeness (QED) is 0.0252. The van der Waals surface area contributed by atoms with Gasteiger partial charge in [0.1, 0.15) is 48.1 Å². The highest BCUT2D eigenvalue weighted by Gasteiger charge is 2.43. The molecule has 1 aromatic heterocycles. The molecule has 3 aromatic rings. The first kappa shape index (κ1) is 57.7. The van der Waals surface area contributed by atoms with Crippen molar-refractivity contribution in [3.8, 4) is 0 Å². The lowest BCUT2D eigenvalue weighted by atomic mass is 9.99. The van der Waals surface area contributed by atoms with Crippen LogP contribution in [0.4, 0.5) is 4.39 Å². The maximum atomic E-state index is 15.3. The van der Waals surface area contributed by atoms with E-state index < -0.39 is 114 Å². The van der Waals surface area contributed by atoms with Crippen molar-refractivity contribution in [3.63, 3.8) is 0 Å². The number of nitrogens with one attached hydrogen (secondary N) is 6. The monoisotopic (exact) mass is 1050 g/mol. The number of carboxylic acids is 1. The summed E-state index contributed by atoms with van der Waals surface area (Å²) in [6.07, 6.45) is -0.0777. The Morgan fingerprint density at radius 1 is 0.800 bits per heavy atom. The fourth-order valence-corrected chi connectivity index (χ4v) is 9.10. The maximum Gasteiger partial charge on any atom is 0.326 e. The minimum absolute atomic E-state index is 0.000542. The van der Waals surface area contributed by atoms with Crippen LogP contribution in [-0.2, 0) is 56.0 Å². The lowest BCUT2D eigenvalue weighted by Crippen LogP contribution is -2.61. The van der Waals surface area contributed by atoms with E-state index in [4.69, 9.17) is 28.7 Å². The van der Waals surface area contributed by atoms with E-state index >= 15 is 4.79 Å². The fourth-order valence-electron chi connectivity index (χ4n) is 9.10. The van der Waals surface area contributed by atoms with Crippen molar-refractivity contribution in [1.29, 1.82) is 0 Å². The van der Waals surface area contributed by atoms with Crippen molar-refractivity contribution in [2.75, 3.05) is 26.2 Å². The van der Waals surface area contributed by atoms with Gasteiger partial charge in [0.05, 0.1) is 0 Å². The summed E-state index contributed by atoms with van der Waals surface area (Å²) in [6.45, 7) is 1.19. The van der Waals surface area contributed by atoms with E-state index in [2.05, 4.69) is 41.6 Å². The number of aliphatic imine (C=N–C) groups is 2. The van der Waals surface area contributed by atoms with Crippen LogP contribution in [0.1, 0.15) is 82.3 Å². The Morgan fingerprint density at radius 2 is 1.45 bits per heavy atom. The molecule has 2 saturated heterocycles. The first-order chi connectivity index (χ1) is 35.8. The number of aromatic nitrogens is 1. The molecule has 0 aliphatic carbocycles. The largest absolute Gasteiger partial charge is 0.480 e. The molecule has 8 amide bonds. The van der Waals surface area contributed by atoms with Crippen LogP contribution in [0.15, 0.2) is 64.7 Å². The van der Waals surface area contributed by atoms with E-state index in [-0.39, 0.29) is 102 Å². The summed E-state index contributed by atoms with van der Waals surface area (Å²) in [5, 5.41) is 24.6. The van der Waals surface area contributed by atoms with Crippen molar-refractivity contribution in [2.24, 2.45) is 38.7 Å². The van der Waals surface area contributed by atoms with Gasteiger partial charge in [-0.2, -0.15) is 0 Å². The van der Waals surface area contributed by atoms with Gasteiger partial charge in [-0.3, -0.25) is 53.2 Å². The third kappa shape index (κ3) is 16.7. The number of hydrogen-bond acceptors (Lipinski definition) is 12. The number of carbonyl (C=O) groups excluding carboxylic acids is 8. The van der Waals surface area contributed by atoms with Crippen LogP contribution in [0.5, 0.6) is 0 Å². The molecule has 0 spiro atoms. The van der Waals surface area contributed by atoms with Crippen LogP contribution in [-0.4, -0.2) is 154 Å². The Hall–Kier alpha value is -8.16. The molecule has 0 saturated carbocycles. The van der Waals surface area contributed by atoms with Crippen molar-refractivity contribution in [3.05, 3.63) is 71.7 Å². The van der Waals surface area contributed by atoms with Gasteiger partial charge in [-0.25, -0.2) is 9.18 Å². The molecule has 0 bridgehead atoms. The molecule has 26 heteroatoms. The Morgan fingerprint density at radius 3 is 2.12 bits per heavy atom. The Labute approximate surface area is 431 Å². The number of fused-ring (bicyclic) bond motifs is 2. The average molecular weight is 1050 g/mol. The number of benzene rings is 2. The van der Waals surface area contributed by atoms with E-state index in [9.17, 15) is 47.9 Å². The number of nitrogens with zero attached hydrogens (tertiary/aromatic N) is 4. The minimum atomic E-state index is -1.85. The first-order valence-corrected chi connectivity index (χ1v) is 24.8. The highest BCUT2D eigenvalue weighted by Crippen LogP contribution is 2.24. The molecule has 2 aliphatic rings. The Balaban J connectivity index is 1.66. The predicted molar refractivity (Wildman–Crippen MR) is 273 cm³/mol. The van der Waals surface area contributed by atoms with Crippen molar-refractivity contribution < 1.29 is 52.6 Å². The van der Waals surface area contributed by atoms with Crippen LogP contribution >= 0.6 is 0 Å². The van der Waals surface area contributed by atoms with Crippen LogP contribution in [0, 0.1) is 5.82 Å². The number of nitrogens with two attached hydrogens (primary N) is 5. The molecule has 2 fully saturated rings. The molecule has 5 rings (SSSR count). The van der Waals surface area contributed by atoms with Crippen LogP contribution in [0.2, 0.25) is 0 Å². The van der Waals surface area contributed by atoms with E-state index in [1.165, 1.54) is 24.0 Å². The van der Waals surface area contributed by atoms with Crippen LogP contribution in [0.3, 0.4) is 0 Å². The van der Waals surface area contributed by atoms with Gasteiger partial charge in [-0.05, 0) is 93.7 Å². The molecular weight excluding hydrogens is 978 g/mol. The molecule has 25 nitrogen and oxygen atoms in total. The molecule has 406 valence electrons. The lowest BCUT2D eigenvalue weighted by Gasteiger charge is -2.33. The third-order valence-electron chi connectivity index (χ3n) is 12.8. The van der Waals surface area contributed by atoms with Crippen LogP contribution in [0.25, 0.3) is 10.9 Å². The highest BCUT2D eigenvalue weighted by atomic mass is 19.1. The summed E-state index contributed by atoms with van der Waals surface area (Å²) < 4.78 is 14.1. The van der Waals surface area contributed by atoms with Gasteiger partial charge < -0.3 is 70.2 Å². The zero-order valence-corrected chi connectivity index (χ0v) is 41.7. The first-order valence-electron chi connectivity index (χ1n) is 24.8. The second kappa shape index (κ2) is 27.8. The van der Waals surface area contributed by atoms with E-state index in [1.54, 1.807) is 30.5 Å². The molecule has 2 aliphatic heterocycles. The van der Waals surface area contributed by atoms with E-state index in [0.29, 0.717) is 26.9 Å². The summed E-state index contributed by atoms with van der Waals surface area (Å²) in [5.41, 5.74) is 29.4. The molecule has 2 aromatic carbocycles. The normalized spacial score (nSPS) is 20.9. The third-order valence-corrected chi connectivity index (χ3v) is 12.8. The fraction of sp³-hybridized carbons (Fsp3) is 0.490. The number of para-hydroxylation sites is 1. The van der Waals surface area contributed by atoms with Gasteiger partial charge in [0, 0.05) is 62.9 Å². The molecule has 3 heterocycles. The number of guanidine groups is 2. The number of H-pyrrole nitrogens is 1. The summed E-state index contributed by atoms with van der Waals surface area (Å²) in [4.78, 5) is 141. The van der Waals surface area contributed by atoms with Gasteiger partial charge in [0.15, 0.2) is 11.9 Å². The zero-order chi connectivity index (χ0) is 54.8.